The smallest absolute Gasteiger partial charge is 0.335 e. The Kier molecular flexibility index (Phi) is 4.30. The zero-order valence-electron chi connectivity index (χ0n) is 11.1. The first kappa shape index (κ1) is 14.0. The molecule has 0 aliphatic heterocycles. The standard InChI is InChI=1S/C15H15FN2O2/c1-18(9-6-11-4-7-17-8-5-11)14-3-2-12(15(19)20)10-13(14)16/h2-5,7-8,10H,6,9H2,1H3,(H,19,20). The second-order valence-electron chi connectivity index (χ2n) is 4.50. The van der Waals surface area contributed by atoms with Crippen LogP contribution in [0.25, 0.3) is 0 Å². The van der Waals surface area contributed by atoms with Crippen molar-refractivity contribution in [2.24, 2.45) is 0 Å². The number of benzene rings is 1. The lowest BCUT2D eigenvalue weighted by molar-refractivity contribution is 0.0696. The van der Waals surface area contributed by atoms with Gasteiger partial charge in [0.15, 0.2) is 0 Å². The molecule has 0 aliphatic rings. The van der Waals surface area contributed by atoms with Gasteiger partial charge in [-0.25, -0.2) is 9.18 Å². The van der Waals surface area contributed by atoms with Crippen LogP contribution in [0.4, 0.5) is 10.1 Å². The topological polar surface area (TPSA) is 53.4 Å². The molecule has 0 saturated heterocycles. The number of pyridine rings is 1. The number of carboxylic acid groups (broad SMARTS) is 1. The predicted octanol–water partition coefficient (Wildman–Crippen LogP) is 2.60. The van der Waals surface area contributed by atoms with Crippen molar-refractivity contribution in [1.82, 2.24) is 4.98 Å². The van der Waals surface area contributed by atoms with E-state index in [2.05, 4.69) is 4.98 Å². The molecular weight excluding hydrogens is 259 g/mol. The van der Waals surface area contributed by atoms with E-state index in [1.54, 1.807) is 24.3 Å². The lowest BCUT2D eigenvalue weighted by atomic mass is 10.1. The van der Waals surface area contributed by atoms with Gasteiger partial charge in [-0.15, -0.1) is 0 Å². The lowest BCUT2D eigenvalue weighted by Crippen LogP contribution is -2.21. The highest BCUT2D eigenvalue weighted by molar-refractivity contribution is 5.88. The highest BCUT2D eigenvalue weighted by atomic mass is 19.1. The van der Waals surface area contributed by atoms with Crippen molar-refractivity contribution < 1.29 is 14.3 Å². The maximum atomic E-state index is 13.9. The van der Waals surface area contributed by atoms with Crippen LogP contribution in [0.2, 0.25) is 0 Å². The third-order valence-electron chi connectivity index (χ3n) is 3.09. The summed E-state index contributed by atoms with van der Waals surface area (Å²) in [6, 6.07) is 7.77. The highest BCUT2D eigenvalue weighted by Gasteiger charge is 2.11. The van der Waals surface area contributed by atoms with Crippen LogP contribution in [-0.2, 0) is 6.42 Å². The summed E-state index contributed by atoms with van der Waals surface area (Å²) in [4.78, 5) is 16.5. The first-order valence-electron chi connectivity index (χ1n) is 6.21. The van der Waals surface area contributed by atoms with Crippen LogP contribution in [-0.4, -0.2) is 29.7 Å². The highest BCUT2D eigenvalue weighted by Crippen LogP contribution is 2.19. The molecular formula is C15H15FN2O2. The van der Waals surface area contributed by atoms with E-state index in [4.69, 9.17) is 5.11 Å². The average Bonchev–Trinajstić information content (AvgIpc) is 2.45. The van der Waals surface area contributed by atoms with Gasteiger partial charge in [0.2, 0.25) is 0 Å². The molecule has 1 heterocycles. The number of nitrogens with zero attached hydrogens (tertiary/aromatic N) is 2. The fourth-order valence-corrected chi connectivity index (χ4v) is 1.92. The Balaban J connectivity index is 2.06. The van der Waals surface area contributed by atoms with Gasteiger partial charge in [0.25, 0.3) is 0 Å². The van der Waals surface area contributed by atoms with Gasteiger partial charge in [-0.1, -0.05) is 0 Å². The van der Waals surface area contributed by atoms with Crippen LogP contribution in [0, 0.1) is 5.82 Å². The van der Waals surface area contributed by atoms with E-state index in [0.717, 1.165) is 18.1 Å². The van der Waals surface area contributed by atoms with Crippen molar-refractivity contribution in [3.63, 3.8) is 0 Å². The third-order valence-corrected chi connectivity index (χ3v) is 3.09. The molecule has 0 fully saturated rings. The minimum absolute atomic E-state index is 0.0474. The molecule has 0 saturated carbocycles. The number of rotatable bonds is 5. The van der Waals surface area contributed by atoms with Crippen molar-refractivity contribution in [1.29, 1.82) is 0 Å². The van der Waals surface area contributed by atoms with Crippen LogP contribution in [0.15, 0.2) is 42.7 Å². The van der Waals surface area contributed by atoms with Gasteiger partial charge in [0.05, 0.1) is 11.3 Å². The summed E-state index contributed by atoms with van der Waals surface area (Å²) in [5, 5.41) is 8.80. The normalized spacial score (nSPS) is 10.3. The Hall–Kier alpha value is -2.43. The Morgan fingerprint density at radius 1 is 1.30 bits per heavy atom. The summed E-state index contributed by atoms with van der Waals surface area (Å²) >= 11 is 0. The van der Waals surface area contributed by atoms with Crippen molar-refractivity contribution in [3.8, 4) is 0 Å². The molecule has 0 atom stereocenters. The number of carboxylic acids is 1. The number of hydrogen-bond donors (Lipinski definition) is 1. The molecule has 2 aromatic rings. The van der Waals surface area contributed by atoms with Crippen LogP contribution in [0.1, 0.15) is 15.9 Å². The van der Waals surface area contributed by atoms with Gasteiger partial charge < -0.3 is 10.0 Å². The number of hydrogen-bond acceptors (Lipinski definition) is 3. The third kappa shape index (κ3) is 3.32. The maximum Gasteiger partial charge on any atom is 0.335 e. The summed E-state index contributed by atoms with van der Waals surface area (Å²) < 4.78 is 13.9. The van der Waals surface area contributed by atoms with E-state index in [1.807, 2.05) is 12.1 Å². The number of carbonyl (C=O) groups is 1. The largest absolute Gasteiger partial charge is 0.478 e. The van der Waals surface area contributed by atoms with Crippen LogP contribution < -0.4 is 4.90 Å². The fourth-order valence-electron chi connectivity index (χ4n) is 1.92. The van der Waals surface area contributed by atoms with Gasteiger partial charge in [0.1, 0.15) is 5.82 Å². The van der Waals surface area contributed by atoms with Crippen LogP contribution in [0.3, 0.4) is 0 Å². The summed E-state index contributed by atoms with van der Waals surface area (Å²) in [6.07, 6.45) is 4.20. The molecule has 4 nitrogen and oxygen atoms in total. The molecule has 0 bridgehead atoms. The summed E-state index contributed by atoms with van der Waals surface area (Å²) in [5.41, 5.74) is 1.47. The lowest BCUT2D eigenvalue weighted by Gasteiger charge is -2.20. The van der Waals surface area contributed by atoms with Crippen molar-refractivity contribution in [2.45, 2.75) is 6.42 Å². The van der Waals surface area contributed by atoms with Crippen LogP contribution >= 0.6 is 0 Å². The maximum absolute atomic E-state index is 13.9. The molecule has 1 aromatic heterocycles. The minimum atomic E-state index is -1.13. The number of halogens is 1. The van der Waals surface area contributed by atoms with Gasteiger partial charge >= 0.3 is 5.97 Å². The monoisotopic (exact) mass is 274 g/mol. The van der Waals surface area contributed by atoms with Crippen molar-refractivity contribution in [2.75, 3.05) is 18.5 Å². The zero-order valence-corrected chi connectivity index (χ0v) is 11.1. The average molecular weight is 274 g/mol. The molecule has 104 valence electrons. The summed E-state index contributed by atoms with van der Waals surface area (Å²) in [5.74, 6) is -1.66. The summed E-state index contributed by atoms with van der Waals surface area (Å²) in [6.45, 7) is 0.632. The van der Waals surface area contributed by atoms with E-state index >= 15 is 0 Å². The van der Waals surface area contributed by atoms with Gasteiger partial charge in [-0.2, -0.15) is 0 Å². The van der Waals surface area contributed by atoms with E-state index in [9.17, 15) is 9.18 Å². The quantitative estimate of drug-likeness (QED) is 0.910. The minimum Gasteiger partial charge on any atom is -0.478 e. The Morgan fingerprint density at radius 3 is 2.60 bits per heavy atom. The predicted molar refractivity (Wildman–Crippen MR) is 74.6 cm³/mol. The van der Waals surface area contributed by atoms with Gasteiger partial charge in [0, 0.05) is 26.0 Å². The van der Waals surface area contributed by atoms with Crippen LogP contribution in [0.5, 0.6) is 0 Å². The van der Waals surface area contributed by atoms with Gasteiger partial charge in [-0.05, 0) is 42.3 Å². The molecule has 0 amide bonds. The SMILES string of the molecule is CN(CCc1ccncc1)c1ccc(C(=O)O)cc1F. The molecule has 0 unspecified atom stereocenters. The molecule has 20 heavy (non-hydrogen) atoms. The molecule has 0 spiro atoms. The zero-order chi connectivity index (χ0) is 14.5. The number of likely N-dealkylation sites (N-methyl/N-ethyl adjacent to an activating group) is 1. The molecule has 0 radical (unpaired) electrons. The van der Waals surface area contributed by atoms with E-state index in [1.165, 1.54) is 12.1 Å². The molecule has 1 N–H and O–H groups in total. The van der Waals surface area contributed by atoms with Crippen molar-refractivity contribution in [3.05, 3.63) is 59.7 Å². The van der Waals surface area contributed by atoms with Gasteiger partial charge in [-0.3, -0.25) is 4.98 Å². The molecule has 5 heteroatoms. The van der Waals surface area contributed by atoms with E-state index in [0.29, 0.717) is 12.2 Å². The first-order chi connectivity index (χ1) is 9.58. The first-order valence-corrected chi connectivity index (χ1v) is 6.21. The van der Waals surface area contributed by atoms with Crippen molar-refractivity contribution >= 4 is 11.7 Å². The Labute approximate surface area is 116 Å². The van der Waals surface area contributed by atoms with E-state index < -0.39 is 11.8 Å². The summed E-state index contributed by atoms with van der Waals surface area (Å²) in [7, 11) is 1.78. The second-order valence-corrected chi connectivity index (χ2v) is 4.50. The molecule has 1 aromatic carbocycles. The molecule has 0 aliphatic carbocycles. The Morgan fingerprint density at radius 2 is 2.00 bits per heavy atom. The Bertz CT molecular complexity index is 602. The second kappa shape index (κ2) is 6.14. The number of aromatic carboxylic acids is 1. The van der Waals surface area contributed by atoms with E-state index in [-0.39, 0.29) is 5.56 Å². The fraction of sp³-hybridized carbons (Fsp3) is 0.200. The number of aromatic nitrogens is 1. The number of anilines is 1. The molecule has 2 rings (SSSR count).